The lowest BCUT2D eigenvalue weighted by molar-refractivity contribution is -0.870. The maximum absolute atomic E-state index is 10.7. The summed E-state index contributed by atoms with van der Waals surface area (Å²) < 4.78 is 0.842. The quantitative estimate of drug-likeness (QED) is 0.246. The third kappa shape index (κ3) is 5.11. The van der Waals surface area contributed by atoms with Crippen LogP contribution in [0.3, 0.4) is 0 Å². The minimum Gasteiger partial charge on any atom is -0.331 e. The molecule has 0 atom stereocenters. The zero-order valence-electron chi connectivity index (χ0n) is 11.0. The number of para-hydroxylation sites is 2. The first-order valence-electron chi connectivity index (χ1n) is 5.73. The van der Waals surface area contributed by atoms with Crippen LogP contribution in [0.5, 0.6) is 5.75 Å². The molecule has 6 nitrogen and oxygen atoms in total. The molecule has 0 N–H and O–H groups in total. The first kappa shape index (κ1) is 14.4. The number of hydrogen-bond donors (Lipinski definition) is 0. The zero-order chi connectivity index (χ0) is 13.6. The van der Waals surface area contributed by atoms with Gasteiger partial charge in [0.15, 0.2) is 0 Å². The molecule has 0 spiro atoms. The molecule has 0 saturated carbocycles. The molecule has 1 rings (SSSR count). The molecular weight excluding hydrogens is 236 g/mol. The van der Waals surface area contributed by atoms with E-state index in [4.69, 9.17) is 9.78 Å². The summed E-state index contributed by atoms with van der Waals surface area (Å²) in [7, 11) is 6.26. The van der Waals surface area contributed by atoms with Crippen molar-refractivity contribution in [3.8, 4) is 5.75 Å². The summed E-state index contributed by atoms with van der Waals surface area (Å²) in [4.78, 5) is 20.2. The van der Waals surface area contributed by atoms with E-state index in [1.54, 1.807) is 12.1 Å². The highest BCUT2D eigenvalue weighted by atomic mass is 17.2. The standard InChI is InChI=1S/C12H19N2O4/c1-14(2,3)9-6-10-17-18-12-8-5-4-7-11(12)13(15)16/h4-5,7-8H,6,9-10H2,1-3H3/q+1. The molecule has 100 valence electrons. The van der Waals surface area contributed by atoms with Crippen molar-refractivity contribution in [3.05, 3.63) is 34.4 Å². The number of quaternary nitrogens is 1. The van der Waals surface area contributed by atoms with Gasteiger partial charge in [0.25, 0.3) is 0 Å². The predicted molar refractivity (Wildman–Crippen MR) is 67.2 cm³/mol. The Balaban J connectivity index is 2.38. The topological polar surface area (TPSA) is 61.6 Å². The Morgan fingerprint density at radius 1 is 1.28 bits per heavy atom. The summed E-state index contributed by atoms with van der Waals surface area (Å²) in [6.45, 7) is 1.35. The Hall–Kier alpha value is -1.66. The van der Waals surface area contributed by atoms with Gasteiger partial charge in [0.05, 0.1) is 39.2 Å². The van der Waals surface area contributed by atoms with Gasteiger partial charge >= 0.3 is 5.69 Å². The van der Waals surface area contributed by atoms with Gasteiger partial charge in [-0.05, 0) is 6.07 Å². The van der Waals surface area contributed by atoms with Crippen molar-refractivity contribution in [1.29, 1.82) is 0 Å². The Morgan fingerprint density at radius 3 is 2.56 bits per heavy atom. The molecule has 6 heteroatoms. The van der Waals surface area contributed by atoms with Crippen molar-refractivity contribution in [3.63, 3.8) is 0 Å². The molecular formula is C12H19N2O4+. The second kappa shape index (κ2) is 6.32. The van der Waals surface area contributed by atoms with E-state index in [0.717, 1.165) is 17.4 Å². The van der Waals surface area contributed by atoms with Gasteiger partial charge in [-0.2, -0.15) is 4.89 Å². The van der Waals surface area contributed by atoms with Gasteiger partial charge in [-0.1, -0.05) is 12.1 Å². The monoisotopic (exact) mass is 255 g/mol. The van der Waals surface area contributed by atoms with Gasteiger partial charge in [0.2, 0.25) is 5.75 Å². The first-order valence-corrected chi connectivity index (χ1v) is 5.73. The average molecular weight is 255 g/mol. The minimum atomic E-state index is -0.495. The van der Waals surface area contributed by atoms with Crippen LogP contribution in [0.4, 0.5) is 5.69 Å². The molecule has 0 radical (unpaired) electrons. The number of rotatable bonds is 7. The molecule has 0 aliphatic carbocycles. The molecule has 0 heterocycles. The van der Waals surface area contributed by atoms with Crippen LogP contribution in [0.1, 0.15) is 6.42 Å². The summed E-state index contributed by atoms with van der Waals surface area (Å²) >= 11 is 0. The molecule has 0 bridgehead atoms. The van der Waals surface area contributed by atoms with Crippen LogP contribution in [0.25, 0.3) is 0 Å². The highest BCUT2D eigenvalue weighted by Gasteiger charge is 2.14. The van der Waals surface area contributed by atoms with Crippen LogP contribution >= 0.6 is 0 Å². The van der Waals surface area contributed by atoms with Crippen molar-refractivity contribution in [2.45, 2.75) is 6.42 Å². The van der Waals surface area contributed by atoms with E-state index in [9.17, 15) is 10.1 Å². The number of nitrogens with zero attached hydrogens (tertiary/aromatic N) is 2. The summed E-state index contributed by atoms with van der Waals surface area (Å²) in [5, 5.41) is 10.7. The zero-order valence-corrected chi connectivity index (χ0v) is 11.0. The molecule has 1 aromatic carbocycles. The lowest BCUT2D eigenvalue weighted by Crippen LogP contribution is -2.35. The SMILES string of the molecule is C[N+](C)(C)CCCOOc1ccccc1[N+](=O)[O-]. The molecule has 0 fully saturated rings. The summed E-state index contributed by atoms with van der Waals surface area (Å²) in [5.41, 5.74) is -0.0934. The average Bonchev–Trinajstić information content (AvgIpc) is 2.27. The highest BCUT2D eigenvalue weighted by Crippen LogP contribution is 2.25. The Morgan fingerprint density at radius 2 is 1.94 bits per heavy atom. The van der Waals surface area contributed by atoms with Gasteiger partial charge in [0.1, 0.15) is 0 Å². The molecule has 0 aromatic heterocycles. The van der Waals surface area contributed by atoms with E-state index in [2.05, 4.69) is 21.1 Å². The largest absolute Gasteiger partial charge is 0.331 e. The third-order valence-corrected chi connectivity index (χ3v) is 2.27. The van der Waals surface area contributed by atoms with Crippen molar-refractivity contribution in [2.75, 3.05) is 34.3 Å². The lowest BCUT2D eigenvalue weighted by atomic mass is 10.3. The van der Waals surface area contributed by atoms with E-state index in [1.807, 2.05) is 0 Å². The van der Waals surface area contributed by atoms with Crippen LogP contribution in [0.2, 0.25) is 0 Å². The maximum Gasteiger partial charge on any atom is 0.315 e. The molecule has 1 aromatic rings. The van der Waals surface area contributed by atoms with Crippen LogP contribution < -0.4 is 4.89 Å². The van der Waals surface area contributed by atoms with Crippen molar-refractivity contribution in [2.24, 2.45) is 0 Å². The summed E-state index contributed by atoms with van der Waals surface area (Å²) in [6.07, 6.45) is 0.824. The second-order valence-electron chi connectivity index (χ2n) is 5.00. The lowest BCUT2D eigenvalue weighted by Gasteiger charge is -2.23. The van der Waals surface area contributed by atoms with Crippen LogP contribution in [0.15, 0.2) is 24.3 Å². The smallest absolute Gasteiger partial charge is 0.315 e. The van der Waals surface area contributed by atoms with Gasteiger partial charge in [-0.3, -0.25) is 10.1 Å². The van der Waals surface area contributed by atoms with Crippen LogP contribution in [-0.2, 0) is 4.89 Å². The van der Waals surface area contributed by atoms with Gasteiger partial charge < -0.3 is 9.37 Å². The van der Waals surface area contributed by atoms with Gasteiger partial charge in [-0.15, -0.1) is 0 Å². The van der Waals surface area contributed by atoms with Crippen LogP contribution in [0, 0.1) is 10.1 Å². The third-order valence-electron chi connectivity index (χ3n) is 2.27. The molecule has 0 unspecified atom stereocenters. The second-order valence-corrected chi connectivity index (χ2v) is 5.00. The number of hydrogen-bond acceptors (Lipinski definition) is 4. The van der Waals surface area contributed by atoms with E-state index >= 15 is 0 Å². The van der Waals surface area contributed by atoms with Gasteiger partial charge in [0, 0.05) is 12.5 Å². The number of benzene rings is 1. The molecule has 0 aliphatic heterocycles. The fourth-order valence-electron chi connectivity index (χ4n) is 1.38. The normalized spacial score (nSPS) is 11.3. The maximum atomic E-state index is 10.7. The summed E-state index contributed by atoms with van der Waals surface area (Å²) in [6, 6.07) is 6.14. The summed E-state index contributed by atoms with van der Waals surface area (Å²) in [5.74, 6) is 0.132. The van der Waals surface area contributed by atoms with Crippen molar-refractivity contribution < 1.29 is 19.2 Å². The van der Waals surface area contributed by atoms with E-state index in [0.29, 0.717) is 6.61 Å². The van der Waals surface area contributed by atoms with Crippen molar-refractivity contribution in [1.82, 2.24) is 0 Å². The molecule has 0 saturated heterocycles. The Bertz CT molecular complexity index is 401. The van der Waals surface area contributed by atoms with E-state index in [-0.39, 0.29) is 11.4 Å². The molecule has 0 aliphatic rings. The molecule has 18 heavy (non-hydrogen) atoms. The fourth-order valence-corrected chi connectivity index (χ4v) is 1.38. The Kier molecular flexibility index (Phi) is 5.06. The Labute approximate surface area is 106 Å². The number of nitro benzene ring substituents is 1. The highest BCUT2D eigenvalue weighted by molar-refractivity contribution is 5.45. The fraction of sp³-hybridized carbons (Fsp3) is 0.500. The minimum absolute atomic E-state index is 0.0934. The van der Waals surface area contributed by atoms with E-state index < -0.39 is 4.92 Å². The predicted octanol–water partition coefficient (Wildman–Crippen LogP) is 2.00. The molecule has 0 amide bonds. The van der Waals surface area contributed by atoms with Gasteiger partial charge in [-0.25, -0.2) is 0 Å². The van der Waals surface area contributed by atoms with Crippen LogP contribution in [-0.4, -0.2) is 43.7 Å². The first-order chi connectivity index (χ1) is 8.40. The number of nitro groups is 1. The van der Waals surface area contributed by atoms with Crippen molar-refractivity contribution >= 4 is 5.69 Å². The van der Waals surface area contributed by atoms with E-state index in [1.165, 1.54) is 12.1 Å².